The first-order valence-corrected chi connectivity index (χ1v) is 8.32. The summed E-state index contributed by atoms with van der Waals surface area (Å²) in [5, 5.41) is 6.67. The Morgan fingerprint density at radius 2 is 2.43 bits per heavy atom. The van der Waals surface area contributed by atoms with Gasteiger partial charge in [-0.2, -0.15) is 11.8 Å². The zero-order valence-corrected chi connectivity index (χ0v) is 13.6. The molecule has 5 nitrogen and oxygen atoms in total. The lowest BCUT2D eigenvalue weighted by Crippen LogP contribution is -2.44. The van der Waals surface area contributed by atoms with Crippen LogP contribution in [0.5, 0.6) is 5.75 Å². The number of nitrogens with one attached hydrogen (secondary N) is 2. The van der Waals surface area contributed by atoms with Crippen LogP contribution in [0.4, 0.5) is 0 Å². The Bertz CT molecular complexity index is 446. The zero-order chi connectivity index (χ0) is 15.0. The number of rotatable bonds is 6. The van der Waals surface area contributed by atoms with Gasteiger partial charge in [-0.15, -0.1) is 0 Å². The SMILES string of the molecule is CN=C(NCCOc1cccnc1)NCC1(C)CCCS1. The summed E-state index contributed by atoms with van der Waals surface area (Å²) in [5.74, 6) is 2.89. The van der Waals surface area contributed by atoms with Gasteiger partial charge in [0, 0.05) is 24.5 Å². The van der Waals surface area contributed by atoms with Crippen molar-refractivity contribution in [2.24, 2.45) is 4.99 Å². The molecule has 1 fully saturated rings. The van der Waals surface area contributed by atoms with Gasteiger partial charge in [0.1, 0.15) is 12.4 Å². The van der Waals surface area contributed by atoms with E-state index in [9.17, 15) is 0 Å². The lowest BCUT2D eigenvalue weighted by atomic mass is 10.1. The predicted molar refractivity (Wildman–Crippen MR) is 89.2 cm³/mol. The minimum absolute atomic E-state index is 0.337. The number of pyridine rings is 1. The smallest absolute Gasteiger partial charge is 0.191 e. The molecule has 2 N–H and O–H groups in total. The van der Waals surface area contributed by atoms with E-state index in [0.717, 1.165) is 18.3 Å². The van der Waals surface area contributed by atoms with Crippen molar-refractivity contribution in [3.05, 3.63) is 24.5 Å². The third-order valence-electron chi connectivity index (χ3n) is 3.45. The molecule has 1 aliphatic rings. The molecule has 0 radical (unpaired) electrons. The van der Waals surface area contributed by atoms with Gasteiger partial charge in [-0.3, -0.25) is 9.98 Å². The van der Waals surface area contributed by atoms with Gasteiger partial charge in [0.2, 0.25) is 0 Å². The van der Waals surface area contributed by atoms with Gasteiger partial charge in [-0.05, 0) is 37.7 Å². The maximum Gasteiger partial charge on any atom is 0.191 e. The third kappa shape index (κ3) is 5.46. The molecule has 1 aromatic heterocycles. The van der Waals surface area contributed by atoms with Crippen LogP contribution in [0.3, 0.4) is 0 Å². The molecule has 0 amide bonds. The second-order valence-electron chi connectivity index (χ2n) is 5.29. The summed E-state index contributed by atoms with van der Waals surface area (Å²) >= 11 is 2.05. The fourth-order valence-electron chi connectivity index (χ4n) is 2.24. The molecular weight excluding hydrogens is 284 g/mol. The Hall–Kier alpha value is -1.43. The fraction of sp³-hybridized carbons (Fsp3) is 0.600. The van der Waals surface area contributed by atoms with Crippen LogP contribution in [0.1, 0.15) is 19.8 Å². The van der Waals surface area contributed by atoms with E-state index in [-0.39, 0.29) is 0 Å². The zero-order valence-electron chi connectivity index (χ0n) is 12.8. The van der Waals surface area contributed by atoms with Crippen molar-refractivity contribution in [2.45, 2.75) is 24.5 Å². The lowest BCUT2D eigenvalue weighted by molar-refractivity contribution is 0.320. The molecule has 21 heavy (non-hydrogen) atoms. The maximum atomic E-state index is 5.59. The van der Waals surface area contributed by atoms with E-state index in [2.05, 4.69) is 27.5 Å². The number of thioether (sulfide) groups is 1. The molecule has 6 heteroatoms. The van der Waals surface area contributed by atoms with Gasteiger partial charge in [0.25, 0.3) is 0 Å². The quantitative estimate of drug-likeness (QED) is 0.478. The largest absolute Gasteiger partial charge is 0.490 e. The first kappa shape index (κ1) is 15.9. The summed E-state index contributed by atoms with van der Waals surface area (Å²) in [5.41, 5.74) is 0. The van der Waals surface area contributed by atoms with Gasteiger partial charge < -0.3 is 15.4 Å². The van der Waals surface area contributed by atoms with Crippen LogP contribution in [0.25, 0.3) is 0 Å². The van der Waals surface area contributed by atoms with Crippen molar-refractivity contribution in [2.75, 3.05) is 32.5 Å². The number of hydrogen-bond donors (Lipinski definition) is 2. The highest BCUT2D eigenvalue weighted by atomic mass is 32.2. The highest BCUT2D eigenvalue weighted by Gasteiger charge is 2.29. The van der Waals surface area contributed by atoms with Gasteiger partial charge >= 0.3 is 0 Å². The van der Waals surface area contributed by atoms with E-state index in [1.165, 1.54) is 18.6 Å². The summed E-state index contributed by atoms with van der Waals surface area (Å²) in [6.07, 6.45) is 6.03. The summed E-state index contributed by atoms with van der Waals surface area (Å²) in [4.78, 5) is 8.25. The average molecular weight is 308 g/mol. The molecule has 0 spiro atoms. The predicted octanol–water partition coefficient (Wildman–Crippen LogP) is 1.91. The van der Waals surface area contributed by atoms with E-state index in [0.29, 0.717) is 17.9 Å². The Labute approximate surface area is 131 Å². The maximum absolute atomic E-state index is 5.59. The van der Waals surface area contributed by atoms with Gasteiger partial charge in [-0.1, -0.05) is 0 Å². The fourth-order valence-corrected chi connectivity index (χ4v) is 3.48. The summed E-state index contributed by atoms with van der Waals surface area (Å²) < 4.78 is 5.92. The molecule has 1 unspecified atom stereocenters. The van der Waals surface area contributed by atoms with E-state index < -0.39 is 0 Å². The van der Waals surface area contributed by atoms with Gasteiger partial charge in [0.15, 0.2) is 5.96 Å². The van der Waals surface area contributed by atoms with E-state index in [1.54, 1.807) is 19.4 Å². The number of guanidine groups is 1. The first-order valence-electron chi connectivity index (χ1n) is 7.33. The Morgan fingerprint density at radius 3 is 3.10 bits per heavy atom. The van der Waals surface area contributed by atoms with Crippen LogP contribution in [0, 0.1) is 0 Å². The molecule has 2 heterocycles. The number of hydrogen-bond acceptors (Lipinski definition) is 4. The van der Waals surface area contributed by atoms with Crippen LogP contribution < -0.4 is 15.4 Å². The number of aromatic nitrogens is 1. The van der Waals surface area contributed by atoms with Crippen molar-refractivity contribution in [1.29, 1.82) is 0 Å². The standard InChI is InChI=1S/C15H24N4OS/c1-15(6-4-10-21-15)12-19-14(16-2)18-8-9-20-13-5-3-7-17-11-13/h3,5,7,11H,4,6,8-10,12H2,1-2H3,(H2,16,18,19). The summed E-state index contributed by atoms with van der Waals surface area (Å²) in [6, 6.07) is 3.77. The van der Waals surface area contributed by atoms with Gasteiger partial charge in [0.05, 0.1) is 12.7 Å². The molecule has 0 saturated carbocycles. The van der Waals surface area contributed by atoms with Crippen molar-refractivity contribution < 1.29 is 4.74 Å². The normalized spacial score (nSPS) is 22.1. The van der Waals surface area contributed by atoms with Crippen LogP contribution in [0.2, 0.25) is 0 Å². The Balaban J connectivity index is 1.64. The highest BCUT2D eigenvalue weighted by molar-refractivity contribution is 8.00. The second kappa shape index (κ2) is 8.12. The molecule has 1 atom stereocenters. The van der Waals surface area contributed by atoms with E-state index in [4.69, 9.17) is 4.74 Å². The minimum Gasteiger partial charge on any atom is -0.490 e. The van der Waals surface area contributed by atoms with Crippen LogP contribution >= 0.6 is 11.8 Å². The van der Waals surface area contributed by atoms with Crippen molar-refractivity contribution in [3.8, 4) is 5.75 Å². The molecule has 0 aliphatic carbocycles. The molecule has 1 aromatic rings. The minimum atomic E-state index is 0.337. The van der Waals surface area contributed by atoms with Crippen molar-refractivity contribution >= 4 is 17.7 Å². The molecular formula is C15H24N4OS. The second-order valence-corrected chi connectivity index (χ2v) is 6.97. The van der Waals surface area contributed by atoms with Crippen molar-refractivity contribution in [3.63, 3.8) is 0 Å². The van der Waals surface area contributed by atoms with E-state index in [1.807, 2.05) is 23.9 Å². The molecule has 1 saturated heterocycles. The van der Waals surface area contributed by atoms with Gasteiger partial charge in [-0.25, -0.2) is 0 Å². The van der Waals surface area contributed by atoms with Crippen LogP contribution in [0.15, 0.2) is 29.5 Å². The highest BCUT2D eigenvalue weighted by Crippen LogP contribution is 2.36. The van der Waals surface area contributed by atoms with Crippen LogP contribution in [-0.4, -0.2) is 48.2 Å². The number of nitrogens with zero attached hydrogens (tertiary/aromatic N) is 2. The van der Waals surface area contributed by atoms with Crippen molar-refractivity contribution in [1.82, 2.24) is 15.6 Å². The molecule has 2 rings (SSSR count). The Morgan fingerprint density at radius 1 is 1.52 bits per heavy atom. The topological polar surface area (TPSA) is 58.5 Å². The van der Waals surface area contributed by atoms with Crippen LogP contribution in [-0.2, 0) is 0 Å². The average Bonchev–Trinajstić information content (AvgIpc) is 2.95. The number of ether oxygens (including phenoxy) is 1. The lowest BCUT2D eigenvalue weighted by Gasteiger charge is -2.24. The first-order chi connectivity index (χ1) is 10.2. The summed E-state index contributed by atoms with van der Waals surface area (Å²) in [7, 11) is 1.79. The molecule has 0 bridgehead atoms. The monoisotopic (exact) mass is 308 g/mol. The molecule has 1 aliphatic heterocycles. The van der Waals surface area contributed by atoms with E-state index >= 15 is 0 Å². The molecule has 0 aromatic carbocycles. The Kier molecular flexibility index (Phi) is 6.17. The third-order valence-corrected chi connectivity index (χ3v) is 4.99. The summed E-state index contributed by atoms with van der Waals surface area (Å²) in [6.45, 7) is 4.55. The molecule has 116 valence electrons. The number of aliphatic imine (C=N–C) groups is 1.